The molecule has 2 heterocycles. The molecule has 1 aliphatic rings. The zero-order valence-electron chi connectivity index (χ0n) is 10.1. The van der Waals surface area contributed by atoms with Crippen molar-refractivity contribution in [2.24, 2.45) is 0 Å². The summed E-state index contributed by atoms with van der Waals surface area (Å²) in [5.41, 5.74) is 0.611. The third-order valence-electron chi connectivity index (χ3n) is 2.78. The fourth-order valence-electron chi connectivity index (χ4n) is 1.71. The zero-order valence-corrected chi connectivity index (χ0v) is 10.9. The minimum Gasteiger partial charge on any atom is -0.377 e. The van der Waals surface area contributed by atoms with Crippen LogP contribution >= 0.6 is 11.3 Å². The molecule has 0 bridgehead atoms. The van der Waals surface area contributed by atoms with Crippen molar-refractivity contribution in [2.75, 3.05) is 13.2 Å². The molecular weight excluding hydrogens is 220 g/mol. The Balaban J connectivity index is 2.44. The van der Waals surface area contributed by atoms with Gasteiger partial charge in [-0.2, -0.15) is 5.26 Å². The molecule has 4 heteroatoms. The van der Waals surface area contributed by atoms with Gasteiger partial charge in [0.2, 0.25) is 0 Å². The van der Waals surface area contributed by atoms with E-state index in [1.54, 1.807) is 11.3 Å². The van der Waals surface area contributed by atoms with E-state index in [1.165, 1.54) is 0 Å². The summed E-state index contributed by atoms with van der Waals surface area (Å²) >= 11 is 1.66. The van der Waals surface area contributed by atoms with Gasteiger partial charge in [-0.3, -0.25) is 0 Å². The minimum absolute atomic E-state index is 0.0505. The van der Waals surface area contributed by atoms with E-state index in [-0.39, 0.29) is 5.41 Å². The van der Waals surface area contributed by atoms with Crippen molar-refractivity contribution in [1.82, 2.24) is 4.98 Å². The van der Waals surface area contributed by atoms with Crippen molar-refractivity contribution in [3.63, 3.8) is 0 Å². The zero-order chi connectivity index (χ0) is 12.0. The topological polar surface area (TPSA) is 45.9 Å². The highest BCUT2D eigenvalue weighted by Gasteiger charge is 2.44. The first-order chi connectivity index (χ1) is 7.39. The van der Waals surface area contributed by atoms with E-state index in [2.05, 4.69) is 31.8 Å². The lowest BCUT2D eigenvalue weighted by Crippen LogP contribution is -2.45. The average Bonchev–Trinajstić information content (AvgIpc) is 2.47. The molecule has 0 aromatic carbocycles. The van der Waals surface area contributed by atoms with Gasteiger partial charge in [0, 0.05) is 5.41 Å². The standard InChI is InChI=1S/C12H16N2OS/c1-8-9(12(5-13)6-15-7-12)16-10(14-8)11(2,3)4/h6-7H2,1-4H3. The summed E-state index contributed by atoms with van der Waals surface area (Å²) in [6, 6.07) is 2.38. The molecule has 1 saturated heterocycles. The second kappa shape index (κ2) is 3.54. The largest absolute Gasteiger partial charge is 0.377 e. The molecule has 1 aromatic heterocycles. The number of aryl methyl sites for hydroxylation is 1. The van der Waals surface area contributed by atoms with Gasteiger partial charge >= 0.3 is 0 Å². The number of rotatable bonds is 1. The third-order valence-corrected chi connectivity index (χ3v) is 4.57. The molecular formula is C12H16N2OS. The Morgan fingerprint density at radius 2 is 2.06 bits per heavy atom. The smallest absolute Gasteiger partial charge is 0.140 e. The van der Waals surface area contributed by atoms with Crippen molar-refractivity contribution >= 4 is 11.3 Å². The van der Waals surface area contributed by atoms with Crippen LogP contribution in [0.4, 0.5) is 0 Å². The van der Waals surface area contributed by atoms with Crippen LogP contribution in [0.25, 0.3) is 0 Å². The number of nitrogens with zero attached hydrogens (tertiary/aromatic N) is 2. The first kappa shape index (κ1) is 11.6. The monoisotopic (exact) mass is 236 g/mol. The Morgan fingerprint density at radius 3 is 2.38 bits per heavy atom. The van der Waals surface area contributed by atoms with Gasteiger partial charge in [0.25, 0.3) is 0 Å². The lowest BCUT2D eigenvalue weighted by molar-refractivity contribution is -0.0284. The first-order valence-corrected chi connectivity index (χ1v) is 6.18. The van der Waals surface area contributed by atoms with E-state index in [0.717, 1.165) is 15.6 Å². The second-order valence-electron chi connectivity index (χ2n) is 5.37. The van der Waals surface area contributed by atoms with Crippen LogP contribution in [0.5, 0.6) is 0 Å². The van der Waals surface area contributed by atoms with Crippen molar-refractivity contribution in [3.05, 3.63) is 15.6 Å². The quantitative estimate of drug-likeness (QED) is 0.752. The molecule has 0 unspecified atom stereocenters. The van der Waals surface area contributed by atoms with E-state index in [1.807, 2.05) is 6.92 Å². The maximum atomic E-state index is 9.28. The summed E-state index contributed by atoms with van der Waals surface area (Å²) in [5.74, 6) is 0. The van der Waals surface area contributed by atoms with Crippen molar-refractivity contribution in [2.45, 2.75) is 38.5 Å². The minimum atomic E-state index is -0.425. The van der Waals surface area contributed by atoms with Gasteiger partial charge in [0.15, 0.2) is 0 Å². The Kier molecular flexibility index (Phi) is 2.56. The molecule has 3 nitrogen and oxygen atoms in total. The molecule has 0 spiro atoms. The van der Waals surface area contributed by atoms with Crippen LogP contribution in [0.2, 0.25) is 0 Å². The molecule has 1 aliphatic heterocycles. The molecule has 86 valence electrons. The highest BCUT2D eigenvalue weighted by molar-refractivity contribution is 7.12. The molecule has 0 amide bonds. The number of thiazole rings is 1. The highest BCUT2D eigenvalue weighted by atomic mass is 32.1. The van der Waals surface area contributed by atoms with E-state index in [4.69, 9.17) is 4.74 Å². The van der Waals surface area contributed by atoms with Gasteiger partial charge < -0.3 is 4.74 Å². The van der Waals surface area contributed by atoms with Gasteiger partial charge in [0.05, 0.1) is 34.9 Å². The molecule has 0 atom stereocenters. The summed E-state index contributed by atoms with van der Waals surface area (Å²) < 4.78 is 5.19. The highest BCUT2D eigenvalue weighted by Crippen LogP contribution is 2.40. The molecule has 0 aliphatic carbocycles. The summed E-state index contributed by atoms with van der Waals surface area (Å²) in [5, 5.41) is 10.4. The van der Waals surface area contributed by atoms with E-state index in [0.29, 0.717) is 13.2 Å². The molecule has 1 fully saturated rings. The van der Waals surface area contributed by atoms with Crippen LogP contribution in [-0.2, 0) is 15.6 Å². The van der Waals surface area contributed by atoms with E-state index >= 15 is 0 Å². The van der Waals surface area contributed by atoms with E-state index < -0.39 is 5.41 Å². The van der Waals surface area contributed by atoms with E-state index in [9.17, 15) is 5.26 Å². The van der Waals surface area contributed by atoms with Crippen molar-refractivity contribution < 1.29 is 4.74 Å². The number of hydrogen-bond acceptors (Lipinski definition) is 4. The maximum absolute atomic E-state index is 9.28. The van der Waals surface area contributed by atoms with Crippen molar-refractivity contribution in [1.29, 1.82) is 5.26 Å². The Labute approximate surface area is 100 Å². The Bertz CT molecular complexity index is 447. The predicted molar refractivity (Wildman–Crippen MR) is 63.7 cm³/mol. The molecule has 16 heavy (non-hydrogen) atoms. The van der Waals surface area contributed by atoms with Gasteiger partial charge in [-0.1, -0.05) is 20.8 Å². The first-order valence-electron chi connectivity index (χ1n) is 5.36. The SMILES string of the molecule is Cc1nc(C(C)(C)C)sc1C1(C#N)COC1. The van der Waals surface area contributed by atoms with Gasteiger partial charge in [-0.05, 0) is 6.92 Å². The summed E-state index contributed by atoms with van der Waals surface area (Å²) in [7, 11) is 0. The fraction of sp³-hybridized carbons (Fsp3) is 0.667. The lowest BCUT2D eigenvalue weighted by atomic mass is 9.85. The molecule has 0 N–H and O–H groups in total. The predicted octanol–water partition coefficient (Wildman–Crippen LogP) is 2.54. The normalized spacial score (nSPS) is 18.9. The van der Waals surface area contributed by atoms with Crippen LogP contribution in [0.3, 0.4) is 0 Å². The Morgan fingerprint density at radius 1 is 1.44 bits per heavy atom. The van der Waals surface area contributed by atoms with Crippen LogP contribution < -0.4 is 0 Å². The number of nitriles is 1. The van der Waals surface area contributed by atoms with Gasteiger partial charge in [-0.15, -0.1) is 11.3 Å². The van der Waals surface area contributed by atoms with Crippen LogP contribution in [0.1, 0.15) is 36.3 Å². The summed E-state index contributed by atoms with van der Waals surface area (Å²) in [6.07, 6.45) is 0. The van der Waals surface area contributed by atoms with Crippen LogP contribution in [0, 0.1) is 18.3 Å². The lowest BCUT2D eigenvalue weighted by Gasteiger charge is -2.34. The summed E-state index contributed by atoms with van der Waals surface area (Å²) in [4.78, 5) is 5.68. The third kappa shape index (κ3) is 1.64. The number of hydrogen-bond donors (Lipinski definition) is 0. The summed E-state index contributed by atoms with van der Waals surface area (Å²) in [6.45, 7) is 9.44. The van der Waals surface area contributed by atoms with Crippen molar-refractivity contribution in [3.8, 4) is 6.07 Å². The number of aromatic nitrogens is 1. The van der Waals surface area contributed by atoms with Gasteiger partial charge in [0.1, 0.15) is 5.41 Å². The van der Waals surface area contributed by atoms with Crippen LogP contribution in [-0.4, -0.2) is 18.2 Å². The molecule has 2 rings (SSSR count). The molecule has 1 aromatic rings. The van der Waals surface area contributed by atoms with Crippen LogP contribution in [0.15, 0.2) is 0 Å². The number of ether oxygens (including phenoxy) is 1. The average molecular weight is 236 g/mol. The maximum Gasteiger partial charge on any atom is 0.140 e. The molecule has 0 radical (unpaired) electrons. The Hall–Kier alpha value is -0.920. The second-order valence-corrected chi connectivity index (χ2v) is 6.37. The van der Waals surface area contributed by atoms with Gasteiger partial charge in [-0.25, -0.2) is 4.98 Å². The molecule has 0 saturated carbocycles. The fourth-order valence-corrected chi connectivity index (χ4v) is 2.95.